The highest BCUT2D eigenvalue weighted by atomic mass is 14.7. The van der Waals surface area contributed by atoms with Crippen molar-refractivity contribution in [3.63, 3.8) is 0 Å². The number of nitrogens with one attached hydrogen (secondary N) is 1. The Morgan fingerprint density at radius 2 is 2.18 bits per heavy atom. The van der Waals surface area contributed by atoms with Crippen LogP contribution in [0.15, 0.2) is 0 Å². The normalized spacial score (nSPS) is 15.5. The summed E-state index contributed by atoms with van der Waals surface area (Å²) < 4.78 is 0. The maximum absolute atomic E-state index is 3.51. The number of hydrogen-bond acceptors (Lipinski definition) is 0. The number of aromatic nitrogens is 1. The Balaban J connectivity index is 2.49. The van der Waals surface area contributed by atoms with Crippen LogP contribution >= 0.6 is 0 Å². The monoisotopic (exact) mass is 149 g/mol. The molecule has 1 aromatic heterocycles. The molecule has 0 fully saturated rings. The maximum Gasteiger partial charge on any atom is 0.0184 e. The molecule has 0 unspecified atom stereocenters. The second-order valence-electron chi connectivity index (χ2n) is 3.39. The Kier molecular flexibility index (Phi) is 1.52. The average molecular weight is 149 g/mol. The summed E-state index contributed by atoms with van der Waals surface area (Å²) in [7, 11) is 0. The van der Waals surface area contributed by atoms with E-state index in [0.717, 1.165) is 6.42 Å². The molecule has 1 N–H and O–H groups in total. The summed E-state index contributed by atoms with van der Waals surface area (Å²) in [5.41, 5.74) is 6.11. The van der Waals surface area contributed by atoms with Crippen molar-refractivity contribution in [1.82, 2.24) is 4.98 Å². The number of aryl methyl sites for hydroxylation is 2. The van der Waals surface area contributed by atoms with Crippen molar-refractivity contribution in [3.8, 4) is 0 Å². The minimum Gasteiger partial charge on any atom is -0.362 e. The Labute approximate surface area is 67.8 Å². The lowest BCUT2D eigenvalue weighted by atomic mass is 10.1. The highest BCUT2D eigenvalue weighted by molar-refractivity contribution is 5.38. The first-order valence-corrected chi connectivity index (χ1v) is 4.52. The standard InChI is InChI=1S/C10H15N/c1-3-9-7(2)8-5-4-6-10(8)11-9/h11H,3-6H2,1-2H3. The molecule has 2 rings (SSSR count). The molecule has 60 valence electrons. The van der Waals surface area contributed by atoms with Gasteiger partial charge in [0.25, 0.3) is 0 Å². The van der Waals surface area contributed by atoms with Crippen molar-refractivity contribution in [1.29, 1.82) is 0 Å². The molecule has 1 aliphatic rings. The second kappa shape index (κ2) is 2.40. The summed E-state index contributed by atoms with van der Waals surface area (Å²) in [5, 5.41) is 0. The molecular weight excluding hydrogens is 134 g/mol. The Morgan fingerprint density at radius 3 is 2.82 bits per heavy atom. The van der Waals surface area contributed by atoms with Gasteiger partial charge in [-0.2, -0.15) is 0 Å². The third kappa shape index (κ3) is 0.907. The van der Waals surface area contributed by atoms with E-state index in [-0.39, 0.29) is 0 Å². The van der Waals surface area contributed by atoms with E-state index in [0.29, 0.717) is 0 Å². The predicted octanol–water partition coefficient (Wildman–Crippen LogP) is 2.37. The molecule has 1 heteroatoms. The van der Waals surface area contributed by atoms with Gasteiger partial charge in [0.05, 0.1) is 0 Å². The van der Waals surface area contributed by atoms with Gasteiger partial charge >= 0.3 is 0 Å². The van der Waals surface area contributed by atoms with Gasteiger partial charge in [0.2, 0.25) is 0 Å². The van der Waals surface area contributed by atoms with E-state index in [2.05, 4.69) is 18.8 Å². The van der Waals surface area contributed by atoms with Crippen molar-refractivity contribution in [2.75, 3.05) is 0 Å². The smallest absolute Gasteiger partial charge is 0.0184 e. The molecule has 11 heavy (non-hydrogen) atoms. The zero-order valence-electron chi connectivity index (χ0n) is 7.33. The van der Waals surface area contributed by atoms with E-state index in [1.807, 2.05) is 0 Å². The highest BCUT2D eigenvalue weighted by Crippen LogP contribution is 2.26. The van der Waals surface area contributed by atoms with Gasteiger partial charge < -0.3 is 4.98 Å². The van der Waals surface area contributed by atoms with Gasteiger partial charge in [-0.25, -0.2) is 0 Å². The van der Waals surface area contributed by atoms with Crippen molar-refractivity contribution >= 4 is 0 Å². The van der Waals surface area contributed by atoms with Crippen molar-refractivity contribution < 1.29 is 0 Å². The molecule has 1 heterocycles. The number of hydrogen-bond donors (Lipinski definition) is 1. The first-order chi connectivity index (χ1) is 5.33. The molecule has 0 aromatic carbocycles. The molecule has 0 spiro atoms. The zero-order chi connectivity index (χ0) is 7.84. The minimum absolute atomic E-state index is 1.15. The summed E-state index contributed by atoms with van der Waals surface area (Å²) in [5.74, 6) is 0. The molecule has 1 aromatic rings. The quantitative estimate of drug-likeness (QED) is 0.631. The van der Waals surface area contributed by atoms with Crippen molar-refractivity contribution in [2.24, 2.45) is 0 Å². The van der Waals surface area contributed by atoms with Gasteiger partial charge in [0, 0.05) is 11.4 Å². The fraction of sp³-hybridized carbons (Fsp3) is 0.600. The lowest BCUT2D eigenvalue weighted by Gasteiger charge is -1.95. The minimum atomic E-state index is 1.15. The Morgan fingerprint density at radius 1 is 1.36 bits per heavy atom. The van der Waals surface area contributed by atoms with Gasteiger partial charge in [0.1, 0.15) is 0 Å². The van der Waals surface area contributed by atoms with E-state index in [4.69, 9.17) is 0 Å². The second-order valence-corrected chi connectivity index (χ2v) is 3.39. The van der Waals surface area contributed by atoms with E-state index in [1.165, 1.54) is 36.2 Å². The molecule has 1 nitrogen and oxygen atoms in total. The van der Waals surface area contributed by atoms with Crippen molar-refractivity contribution in [2.45, 2.75) is 39.5 Å². The van der Waals surface area contributed by atoms with Crippen LogP contribution in [0, 0.1) is 6.92 Å². The van der Waals surface area contributed by atoms with Gasteiger partial charge in [-0.15, -0.1) is 0 Å². The van der Waals surface area contributed by atoms with E-state index >= 15 is 0 Å². The number of rotatable bonds is 1. The van der Waals surface area contributed by atoms with Gasteiger partial charge in [-0.3, -0.25) is 0 Å². The lowest BCUT2D eigenvalue weighted by Crippen LogP contribution is -1.86. The van der Waals surface area contributed by atoms with Gasteiger partial charge in [-0.05, 0) is 43.7 Å². The topological polar surface area (TPSA) is 15.8 Å². The fourth-order valence-corrected chi connectivity index (χ4v) is 2.11. The van der Waals surface area contributed by atoms with Crippen LogP contribution in [0.2, 0.25) is 0 Å². The SMILES string of the molecule is CCc1[nH]c2c(c1C)CCC2. The van der Waals surface area contributed by atoms with Crippen LogP contribution in [0.1, 0.15) is 35.9 Å². The molecule has 0 aliphatic heterocycles. The third-order valence-corrected chi connectivity index (χ3v) is 2.78. The van der Waals surface area contributed by atoms with Crippen LogP contribution < -0.4 is 0 Å². The summed E-state index contributed by atoms with van der Waals surface area (Å²) in [6.45, 7) is 4.47. The van der Waals surface area contributed by atoms with Crippen LogP contribution in [0.3, 0.4) is 0 Å². The summed E-state index contributed by atoms with van der Waals surface area (Å²) in [6, 6.07) is 0. The molecule has 1 aliphatic carbocycles. The molecular formula is C10H15N. The Bertz CT molecular complexity index is 270. The first-order valence-electron chi connectivity index (χ1n) is 4.52. The molecule has 0 saturated carbocycles. The number of aromatic amines is 1. The third-order valence-electron chi connectivity index (χ3n) is 2.78. The zero-order valence-corrected chi connectivity index (χ0v) is 7.33. The molecule has 0 atom stereocenters. The van der Waals surface area contributed by atoms with Crippen molar-refractivity contribution in [3.05, 3.63) is 22.5 Å². The number of H-pyrrole nitrogens is 1. The van der Waals surface area contributed by atoms with Crippen LogP contribution in [0.4, 0.5) is 0 Å². The summed E-state index contributed by atoms with van der Waals surface area (Å²) >= 11 is 0. The average Bonchev–Trinajstić information content (AvgIpc) is 2.53. The predicted molar refractivity (Wildman–Crippen MR) is 46.9 cm³/mol. The van der Waals surface area contributed by atoms with Crippen LogP contribution in [0.25, 0.3) is 0 Å². The fourth-order valence-electron chi connectivity index (χ4n) is 2.11. The summed E-state index contributed by atoms with van der Waals surface area (Å²) in [4.78, 5) is 3.51. The largest absolute Gasteiger partial charge is 0.362 e. The molecule has 0 saturated heterocycles. The molecule has 0 bridgehead atoms. The first kappa shape index (κ1) is 6.96. The van der Waals surface area contributed by atoms with Crippen LogP contribution in [0.5, 0.6) is 0 Å². The van der Waals surface area contributed by atoms with E-state index in [9.17, 15) is 0 Å². The summed E-state index contributed by atoms with van der Waals surface area (Å²) in [6.07, 6.45) is 5.08. The lowest BCUT2D eigenvalue weighted by molar-refractivity contribution is 0.873. The Hall–Kier alpha value is -0.720. The van der Waals surface area contributed by atoms with E-state index < -0.39 is 0 Å². The highest BCUT2D eigenvalue weighted by Gasteiger charge is 2.17. The maximum atomic E-state index is 3.51. The molecule has 0 amide bonds. The van der Waals surface area contributed by atoms with Gasteiger partial charge in [-0.1, -0.05) is 6.92 Å². The number of fused-ring (bicyclic) bond motifs is 1. The molecule has 0 radical (unpaired) electrons. The van der Waals surface area contributed by atoms with Crippen LogP contribution in [-0.4, -0.2) is 4.98 Å². The van der Waals surface area contributed by atoms with Gasteiger partial charge in [0.15, 0.2) is 0 Å². The van der Waals surface area contributed by atoms with Crippen LogP contribution in [-0.2, 0) is 19.3 Å². The van der Waals surface area contributed by atoms with E-state index in [1.54, 1.807) is 5.56 Å².